The largest absolute Gasteiger partial charge is 0.334 e. The minimum atomic E-state index is 0.417. The van der Waals surface area contributed by atoms with Gasteiger partial charge in [0, 0.05) is 13.1 Å². The van der Waals surface area contributed by atoms with Crippen molar-refractivity contribution in [3.05, 3.63) is 24.3 Å². The first-order valence-electron chi connectivity index (χ1n) is 4.62. The van der Waals surface area contributed by atoms with Crippen molar-refractivity contribution < 1.29 is 0 Å². The van der Waals surface area contributed by atoms with E-state index in [4.69, 9.17) is 0 Å². The molecule has 1 heterocycles. The quantitative estimate of drug-likeness (QED) is 0.757. The molecule has 0 amide bonds. The van der Waals surface area contributed by atoms with Crippen LogP contribution in [0.5, 0.6) is 0 Å². The van der Waals surface area contributed by atoms with E-state index in [1.54, 1.807) is 6.33 Å². The number of hydrogen-bond acceptors (Lipinski definition) is 2. The van der Waals surface area contributed by atoms with Gasteiger partial charge in [0.2, 0.25) is 0 Å². The number of imidazole rings is 1. The van der Waals surface area contributed by atoms with Crippen LogP contribution in [0.4, 0.5) is 0 Å². The van der Waals surface area contributed by atoms with Crippen molar-refractivity contribution >= 4 is 6.08 Å². The Hall–Kier alpha value is -1.09. The highest BCUT2D eigenvalue weighted by molar-refractivity contribution is 5.44. The second-order valence-electron chi connectivity index (χ2n) is 3.13. The first-order valence-corrected chi connectivity index (χ1v) is 4.62. The van der Waals surface area contributed by atoms with Gasteiger partial charge in [-0.15, -0.1) is 0 Å². The van der Waals surface area contributed by atoms with Crippen molar-refractivity contribution in [3.63, 3.8) is 0 Å². The van der Waals surface area contributed by atoms with E-state index in [0.717, 1.165) is 12.2 Å². The standard InChI is InChI=1S/C10H17N3/c1-4-12-9(2)5-6-10-7-11-8-13(10)3/h5-9,12H,4H2,1-3H3/b6-5+. The summed E-state index contributed by atoms with van der Waals surface area (Å²) < 4.78 is 2.00. The summed E-state index contributed by atoms with van der Waals surface area (Å²) in [4.78, 5) is 4.04. The zero-order valence-corrected chi connectivity index (χ0v) is 8.49. The van der Waals surface area contributed by atoms with Crippen LogP contribution in [0.3, 0.4) is 0 Å². The van der Waals surface area contributed by atoms with Crippen LogP contribution in [-0.2, 0) is 7.05 Å². The lowest BCUT2D eigenvalue weighted by Crippen LogP contribution is -2.22. The van der Waals surface area contributed by atoms with E-state index >= 15 is 0 Å². The summed E-state index contributed by atoms with van der Waals surface area (Å²) >= 11 is 0. The van der Waals surface area contributed by atoms with Crippen LogP contribution in [0.1, 0.15) is 19.5 Å². The molecule has 1 rings (SSSR count). The monoisotopic (exact) mass is 179 g/mol. The maximum absolute atomic E-state index is 4.04. The van der Waals surface area contributed by atoms with Gasteiger partial charge in [0.05, 0.1) is 18.2 Å². The lowest BCUT2D eigenvalue weighted by Gasteiger charge is -2.05. The van der Waals surface area contributed by atoms with Crippen LogP contribution in [0, 0.1) is 0 Å². The Morgan fingerprint density at radius 3 is 3.00 bits per heavy atom. The molecule has 0 fully saturated rings. The highest BCUT2D eigenvalue weighted by Crippen LogP contribution is 2.00. The van der Waals surface area contributed by atoms with Crippen molar-refractivity contribution in [2.75, 3.05) is 6.54 Å². The summed E-state index contributed by atoms with van der Waals surface area (Å²) in [5.74, 6) is 0. The Morgan fingerprint density at radius 1 is 1.69 bits per heavy atom. The van der Waals surface area contributed by atoms with Crippen molar-refractivity contribution in [2.45, 2.75) is 19.9 Å². The smallest absolute Gasteiger partial charge is 0.0948 e. The molecule has 1 aromatic heterocycles. The average molecular weight is 179 g/mol. The molecule has 0 aliphatic rings. The molecule has 1 N–H and O–H groups in total. The highest BCUT2D eigenvalue weighted by atomic mass is 15.0. The fraction of sp³-hybridized carbons (Fsp3) is 0.500. The maximum Gasteiger partial charge on any atom is 0.0948 e. The minimum absolute atomic E-state index is 0.417. The third kappa shape index (κ3) is 3.03. The summed E-state index contributed by atoms with van der Waals surface area (Å²) in [7, 11) is 1.99. The van der Waals surface area contributed by atoms with E-state index < -0.39 is 0 Å². The molecular formula is C10H17N3. The molecule has 1 unspecified atom stereocenters. The van der Waals surface area contributed by atoms with Crippen LogP contribution in [0.2, 0.25) is 0 Å². The van der Waals surface area contributed by atoms with Gasteiger partial charge in [-0.2, -0.15) is 0 Å². The Balaban J connectivity index is 2.53. The van der Waals surface area contributed by atoms with E-state index in [0.29, 0.717) is 6.04 Å². The number of nitrogens with one attached hydrogen (secondary N) is 1. The molecule has 0 aliphatic carbocycles. The number of nitrogens with zero attached hydrogens (tertiary/aromatic N) is 2. The molecule has 1 atom stereocenters. The molecule has 0 saturated heterocycles. The van der Waals surface area contributed by atoms with E-state index in [2.05, 4.69) is 36.3 Å². The maximum atomic E-state index is 4.04. The first-order chi connectivity index (χ1) is 6.24. The van der Waals surface area contributed by atoms with Gasteiger partial charge in [0.15, 0.2) is 0 Å². The van der Waals surface area contributed by atoms with Crippen LogP contribution in [0.15, 0.2) is 18.6 Å². The Kier molecular flexibility index (Phi) is 3.71. The van der Waals surface area contributed by atoms with Crippen LogP contribution in [-0.4, -0.2) is 22.1 Å². The lowest BCUT2D eigenvalue weighted by molar-refractivity contribution is 0.662. The molecule has 1 aromatic rings. The van der Waals surface area contributed by atoms with Crippen molar-refractivity contribution in [1.82, 2.24) is 14.9 Å². The van der Waals surface area contributed by atoms with Gasteiger partial charge < -0.3 is 9.88 Å². The van der Waals surface area contributed by atoms with Crippen LogP contribution in [0.25, 0.3) is 6.08 Å². The molecule has 3 nitrogen and oxygen atoms in total. The Labute approximate surface area is 79.5 Å². The van der Waals surface area contributed by atoms with Crippen LogP contribution >= 0.6 is 0 Å². The molecule has 0 spiro atoms. The lowest BCUT2D eigenvalue weighted by atomic mass is 10.3. The third-order valence-corrected chi connectivity index (χ3v) is 1.94. The minimum Gasteiger partial charge on any atom is -0.334 e. The molecular weight excluding hydrogens is 162 g/mol. The molecule has 0 radical (unpaired) electrons. The zero-order valence-electron chi connectivity index (χ0n) is 8.49. The number of aromatic nitrogens is 2. The molecule has 0 aliphatic heterocycles. The summed E-state index contributed by atoms with van der Waals surface area (Å²) in [5, 5.41) is 3.31. The van der Waals surface area contributed by atoms with E-state index in [9.17, 15) is 0 Å². The molecule has 3 heteroatoms. The molecule has 72 valence electrons. The van der Waals surface area contributed by atoms with Crippen molar-refractivity contribution in [1.29, 1.82) is 0 Å². The van der Waals surface area contributed by atoms with Gasteiger partial charge >= 0.3 is 0 Å². The van der Waals surface area contributed by atoms with Gasteiger partial charge in [-0.3, -0.25) is 0 Å². The van der Waals surface area contributed by atoms with Gasteiger partial charge in [-0.1, -0.05) is 13.0 Å². The average Bonchev–Trinajstić information content (AvgIpc) is 2.48. The topological polar surface area (TPSA) is 29.9 Å². The van der Waals surface area contributed by atoms with Crippen LogP contribution < -0.4 is 5.32 Å². The second kappa shape index (κ2) is 4.82. The summed E-state index contributed by atoms with van der Waals surface area (Å²) in [6.07, 6.45) is 7.88. The van der Waals surface area contributed by atoms with E-state index in [-0.39, 0.29) is 0 Å². The SMILES string of the molecule is CCNC(C)/C=C/c1cncn1C. The Morgan fingerprint density at radius 2 is 2.46 bits per heavy atom. The van der Waals surface area contributed by atoms with Gasteiger partial charge in [-0.25, -0.2) is 4.98 Å². The van der Waals surface area contributed by atoms with Gasteiger partial charge in [0.25, 0.3) is 0 Å². The van der Waals surface area contributed by atoms with Crippen molar-refractivity contribution in [2.24, 2.45) is 7.05 Å². The molecule has 0 bridgehead atoms. The third-order valence-electron chi connectivity index (χ3n) is 1.94. The van der Waals surface area contributed by atoms with E-state index in [1.807, 2.05) is 17.8 Å². The fourth-order valence-electron chi connectivity index (χ4n) is 1.16. The summed E-state index contributed by atoms with van der Waals surface area (Å²) in [6, 6.07) is 0.417. The number of likely N-dealkylation sites (N-methyl/N-ethyl adjacent to an activating group) is 1. The van der Waals surface area contributed by atoms with Crippen molar-refractivity contribution in [3.8, 4) is 0 Å². The predicted octanol–water partition coefficient (Wildman–Crippen LogP) is 1.43. The highest BCUT2D eigenvalue weighted by Gasteiger charge is 1.94. The summed E-state index contributed by atoms with van der Waals surface area (Å²) in [5.41, 5.74) is 1.13. The molecule has 0 saturated carbocycles. The number of aryl methyl sites for hydroxylation is 1. The van der Waals surface area contributed by atoms with Gasteiger partial charge in [0.1, 0.15) is 0 Å². The Bertz CT molecular complexity index is 275. The van der Waals surface area contributed by atoms with E-state index in [1.165, 1.54) is 0 Å². The number of hydrogen-bond donors (Lipinski definition) is 1. The second-order valence-corrected chi connectivity index (χ2v) is 3.13. The first kappa shape index (κ1) is 9.99. The normalized spacial score (nSPS) is 13.8. The number of rotatable bonds is 4. The molecule has 13 heavy (non-hydrogen) atoms. The zero-order chi connectivity index (χ0) is 9.68. The fourth-order valence-corrected chi connectivity index (χ4v) is 1.16. The summed E-state index contributed by atoms with van der Waals surface area (Å²) in [6.45, 7) is 5.24. The predicted molar refractivity (Wildman–Crippen MR) is 55.4 cm³/mol. The molecule has 0 aromatic carbocycles. The van der Waals surface area contributed by atoms with Gasteiger partial charge in [-0.05, 0) is 19.5 Å².